The summed E-state index contributed by atoms with van der Waals surface area (Å²) in [4.78, 5) is 56.1. The van der Waals surface area contributed by atoms with Crippen molar-refractivity contribution in [3.05, 3.63) is 68.8 Å². The van der Waals surface area contributed by atoms with Gasteiger partial charge in [-0.15, -0.1) is 0 Å². The molecule has 4 aliphatic rings. The van der Waals surface area contributed by atoms with Crippen molar-refractivity contribution in [2.75, 3.05) is 5.73 Å². The number of nitro benzene ring substituents is 1. The molecule has 34 heavy (non-hydrogen) atoms. The van der Waals surface area contributed by atoms with Crippen molar-refractivity contribution >= 4 is 35.3 Å². The predicted octanol–water partition coefficient (Wildman–Crippen LogP) is 0.217. The van der Waals surface area contributed by atoms with E-state index in [0.717, 1.165) is 22.3 Å². The molecule has 174 valence electrons. The molecule has 2 atom stereocenters. The van der Waals surface area contributed by atoms with E-state index in [2.05, 4.69) is 21.3 Å². The Bertz CT molecular complexity index is 1310. The number of amides is 6. The molecule has 0 radical (unpaired) electrons. The molecule has 6 amide bonds. The van der Waals surface area contributed by atoms with E-state index < -0.39 is 28.1 Å². The number of nitro groups is 1. The normalized spacial score (nSPS) is 25.8. The quantitative estimate of drug-likeness (QED) is 0.173. The third-order valence-corrected chi connectivity index (χ3v) is 6.63. The Morgan fingerprint density at radius 2 is 1.21 bits per heavy atom. The number of carbonyl (C=O) groups excluding carboxylic acids is 4. The standard InChI is InChI=1S/C11H9N3O4.C11H11N3O2/c15-9-11(13-10(16)12-9)4-6-1-2-8(14(17)18)3-7(6)5-11;12-8-2-1-6-4-11(5-7(6)3-8)9(15)13-10(16)14-11/h1-3H,4-5H2,(H2,12,13,15,16);1-3H,4-5,12H2,(H2,13,14,15,16). The first-order valence-electron chi connectivity index (χ1n) is 10.5. The number of hydrogen-bond donors (Lipinski definition) is 5. The lowest BCUT2D eigenvalue weighted by Crippen LogP contribution is -2.47. The van der Waals surface area contributed by atoms with E-state index in [-0.39, 0.29) is 17.5 Å². The molecular formula is C22H20N6O6. The van der Waals surface area contributed by atoms with Gasteiger partial charge in [-0.1, -0.05) is 12.1 Å². The van der Waals surface area contributed by atoms with Crippen molar-refractivity contribution in [3.8, 4) is 0 Å². The fourth-order valence-corrected chi connectivity index (χ4v) is 5.03. The highest BCUT2D eigenvalue weighted by atomic mass is 16.6. The van der Waals surface area contributed by atoms with Gasteiger partial charge < -0.3 is 16.4 Å². The minimum atomic E-state index is -0.964. The number of fused-ring (bicyclic) bond motifs is 2. The maximum atomic E-state index is 11.8. The number of nitrogens with one attached hydrogen (secondary N) is 4. The summed E-state index contributed by atoms with van der Waals surface area (Å²) in [5.74, 6) is -0.612. The summed E-state index contributed by atoms with van der Waals surface area (Å²) in [6.45, 7) is 0. The number of imide groups is 2. The van der Waals surface area contributed by atoms with E-state index in [1.54, 1.807) is 6.07 Å². The van der Waals surface area contributed by atoms with Gasteiger partial charge in [-0.25, -0.2) is 9.59 Å². The van der Waals surface area contributed by atoms with Crippen molar-refractivity contribution in [1.29, 1.82) is 0 Å². The first kappa shape index (κ1) is 21.4. The number of carbonyl (C=O) groups is 4. The molecule has 2 saturated heterocycles. The lowest BCUT2D eigenvalue weighted by atomic mass is 9.96. The van der Waals surface area contributed by atoms with Crippen LogP contribution in [-0.2, 0) is 35.3 Å². The number of anilines is 1. The average molecular weight is 464 g/mol. The molecule has 0 bridgehead atoms. The van der Waals surface area contributed by atoms with E-state index in [9.17, 15) is 29.3 Å². The Balaban J connectivity index is 0.000000142. The third-order valence-electron chi connectivity index (χ3n) is 6.63. The second-order valence-corrected chi connectivity index (χ2v) is 8.93. The molecule has 2 spiro atoms. The monoisotopic (exact) mass is 464 g/mol. The largest absolute Gasteiger partial charge is 0.399 e. The van der Waals surface area contributed by atoms with Crippen LogP contribution in [0.3, 0.4) is 0 Å². The molecule has 2 fully saturated rings. The summed E-state index contributed by atoms with van der Waals surface area (Å²) in [6.07, 6.45) is 1.73. The third kappa shape index (κ3) is 3.39. The molecule has 2 aliphatic carbocycles. The molecule has 2 aliphatic heterocycles. The van der Waals surface area contributed by atoms with Gasteiger partial charge in [-0.3, -0.25) is 30.3 Å². The van der Waals surface area contributed by atoms with Crippen LogP contribution in [0.25, 0.3) is 0 Å². The summed E-state index contributed by atoms with van der Waals surface area (Å²) in [5, 5.41) is 20.5. The van der Waals surface area contributed by atoms with E-state index in [0.29, 0.717) is 31.4 Å². The van der Waals surface area contributed by atoms with Crippen LogP contribution in [0.1, 0.15) is 22.3 Å². The number of hydrogen-bond acceptors (Lipinski definition) is 7. The maximum absolute atomic E-state index is 11.8. The SMILES string of the molecule is Nc1ccc2c(c1)CC1(C2)NC(=O)NC1=O.O=C1NC(=O)C2(Cc3ccc([N+](=O)[O-])cc3C2)N1. The van der Waals surface area contributed by atoms with Crippen LogP contribution < -0.4 is 27.0 Å². The molecule has 6 N–H and O–H groups in total. The van der Waals surface area contributed by atoms with Crippen LogP contribution >= 0.6 is 0 Å². The molecule has 12 nitrogen and oxygen atoms in total. The fourth-order valence-electron chi connectivity index (χ4n) is 5.03. The summed E-state index contributed by atoms with van der Waals surface area (Å²) in [7, 11) is 0. The first-order chi connectivity index (χ1) is 16.1. The van der Waals surface area contributed by atoms with E-state index in [1.807, 2.05) is 18.2 Å². The number of urea groups is 2. The maximum Gasteiger partial charge on any atom is 0.322 e. The Morgan fingerprint density at radius 1 is 0.735 bits per heavy atom. The van der Waals surface area contributed by atoms with Gasteiger partial charge in [0.1, 0.15) is 11.1 Å². The molecule has 2 unspecified atom stereocenters. The van der Waals surface area contributed by atoms with Gasteiger partial charge >= 0.3 is 12.1 Å². The second-order valence-electron chi connectivity index (χ2n) is 8.93. The van der Waals surface area contributed by atoms with Crippen LogP contribution in [0.15, 0.2) is 36.4 Å². The van der Waals surface area contributed by atoms with Gasteiger partial charge in [-0.05, 0) is 34.4 Å². The Hall–Kier alpha value is -4.48. The summed E-state index contributed by atoms with van der Waals surface area (Å²) in [6, 6.07) is 9.17. The fraction of sp³-hybridized carbons (Fsp3) is 0.273. The van der Waals surface area contributed by atoms with Gasteiger partial charge in [0, 0.05) is 43.5 Å². The van der Waals surface area contributed by atoms with Crippen molar-refractivity contribution < 1.29 is 24.1 Å². The Labute approximate surface area is 192 Å². The zero-order valence-corrected chi connectivity index (χ0v) is 17.8. The van der Waals surface area contributed by atoms with E-state index in [1.165, 1.54) is 12.1 Å². The van der Waals surface area contributed by atoms with Crippen LogP contribution in [0.4, 0.5) is 21.0 Å². The van der Waals surface area contributed by atoms with Gasteiger partial charge in [0.2, 0.25) is 0 Å². The topological polar surface area (TPSA) is 186 Å². The lowest BCUT2D eigenvalue weighted by Gasteiger charge is -2.18. The minimum absolute atomic E-state index is 0.00414. The van der Waals surface area contributed by atoms with Crippen molar-refractivity contribution in [1.82, 2.24) is 21.3 Å². The molecular weight excluding hydrogens is 444 g/mol. The van der Waals surface area contributed by atoms with Crippen molar-refractivity contribution in [3.63, 3.8) is 0 Å². The first-order valence-corrected chi connectivity index (χ1v) is 10.5. The van der Waals surface area contributed by atoms with Crippen LogP contribution in [0.5, 0.6) is 0 Å². The molecule has 0 aromatic heterocycles. The minimum Gasteiger partial charge on any atom is -0.399 e. The smallest absolute Gasteiger partial charge is 0.322 e. The van der Waals surface area contributed by atoms with Gasteiger partial charge in [0.25, 0.3) is 17.5 Å². The highest BCUT2D eigenvalue weighted by Gasteiger charge is 2.51. The van der Waals surface area contributed by atoms with Crippen LogP contribution in [0, 0.1) is 10.1 Å². The van der Waals surface area contributed by atoms with Crippen LogP contribution in [0.2, 0.25) is 0 Å². The van der Waals surface area contributed by atoms with Crippen LogP contribution in [-0.4, -0.2) is 39.9 Å². The van der Waals surface area contributed by atoms with Gasteiger partial charge in [0.15, 0.2) is 0 Å². The number of nitrogens with zero attached hydrogens (tertiary/aromatic N) is 1. The van der Waals surface area contributed by atoms with Crippen molar-refractivity contribution in [2.45, 2.75) is 36.8 Å². The van der Waals surface area contributed by atoms with E-state index in [4.69, 9.17) is 5.73 Å². The van der Waals surface area contributed by atoms with Gasteiger partial charge in [0.05, 0.1) is 4.92 Å². The zero-order valence-electron chi connectivity index (χ0n) is 17.8. The molecule has 0 saturated carbocycles. The average Bonchev–Trinajstić information content (AvgIpc) is 3.45. The van der Waals surface area contributed by atoms with E-state index >= 15 is 0 Å². The highest BCUT2D eigenvalue weighted by Crippen LogP contribution is 2.35. The van der Waals surface area contributed by atoms with Crippen molar-refractivity contribution in [2.24, 2.45) is 0 Å². The highest BCUT2D eigenvalue weighted by molar-refractivity contribution is 6.08. The molecule has 2 aromatic rings. The molecule has 12 heteroatoms. The number of rotatable bonds is 1. The predicted molar refractivity (Wildman–Crippen MR) is 118 cm³/mol. The molecule has 2 heterocycles. The Morgan fingerprint density at radius 3 is 1.68 bits per heavy atom. The second kappa shape index (κ2) is 7.27. The molecule has 6 rings (SSSR count). The number of benzene rings is 2. The lowest BCUT2D eigenvalue weighted by molar-refractivity contribution is -0.384. The number of nitrogens with two attached hydrogens (primary N) is 1. The summed E-state index contributed by atoms with van der Waals surface area (Å²) >= 11 is 0. The summed E-state index contributed by atoms with van der Waals surface area (Å²) < 4.78 is 0. The number of non-ortho nitro benzene ring substituents is 1. The zero-order chi connectivity index (χ0) is 24.3. The summed E-state index contributed by atoms with van der Waals surface area (Å²) in [5.41, 5.74) is 8.33. The number of nitrogen functional groups attached to an aromatic ring is 1. The molecule has 2 aromatic carbocycles. The Kier molecular flexibility index (Phi) is 4.57. The van der Waals surface area contributed by atoms with Gasteiger partial charge in [-0.2, -0.15) is 0 Å².